The third-order valence-corrected chi connectivity index (χ3v) is 7.37. The van der Waals surface area contributed by atoms with E-state index in [2.05, 4.69) is 21.3 Å². The van der Waals surface area contributed by atoms with E-state index in [1.165, 1.54) is 0 Å². The molecule has 202 valence electrons. The number of nitriles is 1. The minimum atomic E-state index is -0.599. The Labute approximate surface area is 244 Å². The van der Waals surface area contributed by atoms with Gasteiger partial charge in [-0.3, -0.25) is 5.10 Å². The summed E-state index contributed by atoms with van der Waals surface area (Å²) in [5.41, 5.74) is 1.15. The number of anilines is 1. The van der Waals surface area contributed by atoms with E-state index in [0.29, 0.717) is 58.7 Å². The van der Waals surface area contributed by atoms with Crippen LogP contribution in [-0.4, -0.2) is 58.0 Å². The summed E-state index contributed by atoms with van der Waals surface area (Å²) in [5.74, 6) is 0.537. The first kappa shape index (κ1) is 27.4. The molecule has 1 saturated heterocycles. The highest BCUT2D eigenvalue weighted by Gasteiger charge is 2.29. The number of nitrogens with one attached hydrogen (secondary N) is 1. The van der Waals surface area contributed by atoms with E-state index in [9.17, 15) is 10.1 Å². The maximum atomic E-state index is 12.6. The number of pyridine rings is 1. The smallest absolute Gasteiger partial charge is 0.410 e. The van der Waals surface area contributed by atoms with Crippen LogP contribution in [0.4, 0.5) is 10.5 Å². The van der Waals surface area contributed by atoms with Crippen molar-refractivity contribution in [1.29, 1.82) is 5.26 Å². The molecule has 1 aliphatic rings. The number of rotatable bonds is 3. The number of carbonyl (C=O) groups is 1. The lowest BCUT2D eigenvalue weighted by Crippen LogP contribution is -2.50. The Morgan fingerprint density at radius 2 is 1.79 bits per heavy atom. The van der Waals surface area contributed by atoms with Crippen molar-refractivity contribution in [2.24, 2.45) is 0 Å². The summed E-state index contributed by atoms with van der Waals surface area (Å²) in [6.07, 6.45) is 1.19. The first-order valence-corrected chi connectivity index (χ1v) is 13.4. The second-order valence-corrected chi connectivity index (χ2v) is 11.5. The number of ether oxygens (including phenoxy) is 2. The molecule has 13 heteroatoms. The maximum absolute atomic E-state index is 12.6. The molecule has 0 aliphatic carbocycles. The number of halogens is 4. The fraction of sp³-hybridized carbons (Fsp3) is 0.308. The molecule has 0 spiro atoms. The van der Waals surface area contributed by atoms with Gasteiger partial charge in [-0.25, -0.2) is 9.78 Å². The van der Waals surface area contributed by atoms with Crippen molar-refractivity contribution in [3.63, 3.8) is 0 Å². The van der Waals surface area contributed by atoms with Gasteiger partial charge in [-0.05, 0) is 32.9 Å². The van der Waals surface area contributed by atoms with Gasteiger partial charge < -0.3 is 19.3 Å². The van der Waals surface area contributed by atoms with E-state index in [4.69, 9.17) is 55.9 Å². The van der Waals surface area contributed by atoms with E-state index in [-0.39, 0.29) is 38.4 Å². The molecular formula is C26H22Cl4N6O3. The van der Waals surface area contributed by atoms with E-state index < -0.39 is 5.60 Å². The van der Waals surface area contributed by atoms with Gasteiger partial charge in [0.15, 0.2) is 11.5 Å². The van der Waals surface area contributed by atoms with Gasteiger partial charge in [0.05, 0.1) is 27.8 Å². The van der Waals surface area contributed by atoms with Crippen LogP contribution in [0, 0.1) is 11.3 Å². The Bertz CT molecular complexity index is 1650. The molecule has 3 heterocycles. The van der Waals surface area contributed by atoms with Crippen LogP contribution in [0.2, 0.25) is 20.2 Å². The van der Waals surface area contributed by atoms with Crippen LogP contribution in [0.3, 0.4) is 0 Å². The van der Waals surface area contributed by atoms with Crippen LogP contribution in [0.25, 0.3) is 21.8 Å². The van der Waals surface area contributed by atoms with E-state index in [1.54, 1.807) is 29.3 Å². The van der Waals surface area contributed by atoms with Gasteiger partial charge in [0.25, 0.3) is 0 Å². The Hall–Kier alpha value is -3.16. The number of piperazine rings is 1. The van der Waals surface area contributed by atoms with Crippen LogP contribution in [0.5, 0.6) is 11.5 Å². The quantitative estimate of drug-likeness (QED) is 0.241. The Morgan fingerprint density at radius 1 is 1.08 bits per heavy atom. The Balaban J connectivity index is 1.57. The average molecular weight is 608 g/mol. The molecule has 2 aromatic carbocycles. The third-order valence-electron chi connectivity index (χ3n) is 6.11. The van der Waals surface area contributed by atoms with Crippen molar-refractivity contribution < 1.29 is 14.3 Å². The second kappa shape index (κ2) is 10.4. The predicted molar refractivity (Wildman–Crippen MR) is 153 cm³/mol. The molecule has 1 amide bonds. The number of aromatic nitrogens is 3. The molecule has 5 rings (SSSR count). The molecule has 1 aliphatic heterocycles. The summed E-state index contributed by atoms with van der Waals surface area (Å²) in [6.45, 7) is 7.11. The van der Waals surface area contributed by atoms with Crippen molar-refractivity contribution in [2.45, 2.75) is 26.4 Å². The van der Waals surface area contributed by atoms with E-state index in [1.807, 2.05) is 25.7 Å². The first-order valence-electron chi connectivity index (χ1n) is 11.9. The second-order valence-electron chi connectivity index (χ2n) is 9.93. The molecule has 1 N–H and O–H groups in total. The standard InChI is InChI=1S/C26H22Cl4N6O3/c1-26(2,3)39-25(37)36-6-4-35(5-7-36)22-14-8-13(27)9-19(21(14)33-24(30)15(22)11-31)38-23-16-12-32-34-18(16)10-17(28)20(23)29/h8-10,12H,4-7H2,1-3H3,(H,32,34). The highest BCUT2D eigenvalue weighted by atomic mass is 35.5. The van der Waals surface area contributed by atoms with Crippen LogP contribution >= 0.6 is 46.4 Å². The molecule has 1 fully saturated rings. The molecule has 0 saturated carbocycles. The van der Waals surface area contributed by atoms with Gasteiger partial charge in [-0.2, -0.15) is 10.4 Å². The zero-order valence-corrected chi connectivity index (χ0v) is 24.1. The van der Waals surface area contributed by atoms with Crippen LogP contribution < -0.4 is 9.64 Å². The van der Waals surface area contributed by atoms with Gasteiger partial charge in [-0.15, -0.1) is 0 Å². The summed E-state index contributed by atoms with van der Waals surface area (Å²) in [4.78, 5) is 20.7. The van der Waals surface area contributed by atoms with Crippen molar-refractivity contribution >= 4 is 80.0 Å². The molecule has 0 atom stereocenters. The molecule has 9 nitrogen and oxygen atoms in total. The average Bonchev–Trinajstić information content (AvgIpc) is 3.33. The number of nitrogens with zero attached hydrogens (tertiary/aromatic N) is 5. The molecule has 2 aromatic heterocycles. The minimum absolute atomic E-state index is 0.00685. The number of amides is 1. The van der Waals surface area contributed by atoms with Crippen LogP contribution in [0.1, 0.15) is 26.3 Å². The molecule has 4 aromatic rings. The van der Waals surface area contributed by atoms with Gasteiger partial charge in [0.1, 0.15) is 32.9 Å². The fourth-order valence-corrected chi connectivity index (χ4v) is 5.23. The normalized spacial score (nSPS) is 14.1. The number of hydrogen-bond donors (Lipinski definition) is 1. The molecular weight excluding hydrogens is 586 g/mol. The maximum Gasteiger partial charge on any atom is 0.410 e. The first-order chi connectivity index (χ1) is 18.5. The van der Waals surface area contributed by atoms with Crippen molar-refractivity contribution in [2.75, 3.05) is 31.1 Å². The monoisotopic (exact) mass is 606 g/mol. The highest BCUT2D eigenvalue weighted by Crippen LogP contribution is 2.45. The summed E-state index contributed by atoms with van der Waals surface area (Å²) in [7, 11) is 0. The highest BCUT2D eigenvalue weighted by molar-refractivity contribution is 6.44. The lowest BCUT2D eigenvalue weighted by atomic mass is 10.1. The van der Waals surface area contributed by atoms with Crippen molar-refractivity contribution in [1.82, 2.24) is 20.1 Å². The number of aromatic amines is 1. The van der Waals surface area contributed by atoms with E-state index in [0.717, 1.165) is 0 Å². The number of fused-ring (bicyclic) bond motifs is 2. The van der Waals surface area contributed by atoms with E-state index >= 15 is 0 Å². The fourth-order valence-electron chi connectivity index (χ4n) is 4.41. The number of benzene rings is 2. The number of H-pyrrole nitrogens is 1. The molecule has 0 radical (unpaired) electrons. The summed E-state index contributed by atoms with van der Waals surface area (Å²) in [6, 6.07) is 7.11. The summed E-state index contributed by atoms with van der Waals surface area (Å²) in [5, 5.41) is 18.9. The predicted octanol–water partition coefficient (Wildman–Crippen LogP) is 7.45. The van der Waals surface area contributed by atoms with Crippen molar-refractivity contribution in [3.05, 3.63) is 50.2 Å². The lowest BCUT2D eigenvalue weighted by molar-refractivity contribution is 0.0240. The number of hydrogen-bond acceptors (Lipinski definition) is 7. The van der Waals surface area contributed by atoms with Gasteiger partial charge in [0, 0.05) is 42.7 Å². The largest absolute Gasteiger partial charge is 0.453 e. The lowest BCUT2D eigenvalue weighted by Gasteiger charge is -2.37. The Kier molecular flexibility index (Phi) is 7.33. The zero-order valence-electron chi connectivity index (χ0n) is 21.1. The minimum Gasteiger partial charge on any atom is -0.453 e. The van der Waals surface area contributed by atoms with Gasteiger partial charge in [-0.1, -0.05) is 46.4 Å². The summed E-state index contributed by atoms with van der Waals surface area (Å²) >= 11 is 25.9. The van der Waals surface area contributed by atoms with Crippen molar-refractivity contribution in [3.8, 4) is 17.6 Å². The van der Waals surface area contributed by atoms with Gasteiger partial charge in [0.2, 0.25) is 0 Å². The topological polar surface area (TPSA) is 107 Å². The molecule has 0 unspecified atom stereocenters. The summed E-state index contributed by atoms with van der Waals surface area (Å²) < 4.78 is 11.8. The van der Waals surface area contributed by atoms with Crippen LogP contribution in [0.15, 0.2) is 24.4 Å². The SMILES string of the molecule is CC(C)(C)OC(=O)N1CCN(c2c(C#N)c(Cl)nc3c(Oc4c(Cl)c(Cl)cc5[nH]ncc45)cc(Cl)cc23)CC1. The number of carbonyl (C=O) groups excluding carboxylic acids is 1. The molecule has 39 heavy (non-hydrogen) atoms. The van der Waals surface area contributed by atoms with Gasteiger partial charge >= 0.3 is 6.09 Å². The Morgan fingerprint density at radius 3 is 2.46 bits per heavy atom. The third kappa shape index (κ3) is 5.35. The zero-order chi connectivity index (χ0) is 28.1. The van der Waals surface area contributed by atoms with Crippen LogP contribution in [-0.2, 0) is 4.74 Å². The molecule has 0 bridgehead atoms.